The number of hydrogen-bond acceptors (Lipinski definition) is 4. The fraction of sp³-hybridized carbons (Fsp3) is 0.278. The van der Waals surface area contributed by atoms with Crippen molar-refractivity contribution in [1.82, 2.24) is 0 Å². The van der Waals surface area contributed by atoms with Gasteiger partial charge in [-0.15, -0.1) is 0 Å². The molecule has 5 nitrogen and oxygen atoms in total. The van der Waals surface area contributed by atoms with E-state index in [-0.39, 0.29) is 5.91 Å². The highest BCUT2D eigenvalue weighted by molar-refractivity contribution is 6.05. The lowest BCUT2D eigenvalue weighted by molar-refractivity contribution is 0.102. The lowest BCUT2D eigenvalue weighted by Crippen LogP contribution is -2.18. The van der Waals surface area contributed by atoms with E-state index < -0.39 is 0 Å². The summed E-state index contributed by atoms with van der Waals surface area (Å²) in [4.78, 5) is 12.6. The van der Waals surface area contributed by atoms with Crippen molar-refractivity contribution in [2.45, 2.75) is 13.8 Å². The average molecular weight is 313 g/mol. The summed E-state index contributed by atoms with van der Waals surface area (Å²) < 4.78 is 16.4. The molecule has 0 atom stereocenters. The monoisotopic (exact) mass is 313 g/mol. The van der Waals surface area contributed by atoms with Crippen LogP contribution in [0.2, 0.25) is 0 Å². The van der Waals surface area contributed by atoms with E-state index in [1.807, 2.05) is 32.0 Å². The number of benzene rings is 2. The van der Waals surface area contributed by atoms with Gasteiger partial charge in [-0.2, -0.15) is 0 Å². The second-order valence-corrected chi connectivity index (χ2v) is 5.48. The number of anilines is 1. The minimum atomic E-state index is -0.214. The first-order chi connectivity index (χ1) is 11.1. The number of fused-ring (bicyclic) bond motifs is 1. The van der Waals surface area contributed by atoms with Crippen LogP contribution in [0.3, 0.4) is 0 Å². The first kappa shape index (κ1) is 15.2. The Labute approximate surface area is 135 Å². The Balaban J connectivity index is 1.92. The molecule has 5 heteroatoms. The maximum Gasteiger partial charge on any atom is 0.255 e. The fourth-order valence-corrected chi connectivity index (χ4v) is 2.47. The molecule has 2 aromatic rings. The molecular formula is C18H19NO4. The Bertz CT molecular complexity index is 738. The number of nitrogens with one attached hydrogen (secondary N) is 1. The Morgan fingerprint density at radius 2 is 1.91 bits per heavy atom. The van der Waals surface area contributed by atoms with Crippen LogP contribution in [0.1, 0.15) is 21.5 Å². The zero-order chi connectivity index (χ0) is 16.4. The molecule has 23 heavy (non-hydrogen) atoms. The number of ether oxygens (including phenoxy) is 3. The van der Waals surface area contributed by atoms with Crippen LogP contribution in [0.25, 0.3) is 0 Å². The standard InChI is InChI=1S/C18H19NO4/c1-11-4-5-12(2)14(8-11)19-18(20)13-9-15(21-3)17-16(10-13)22-6-7-23-17/h4-5,8-10H,6-7H2,1-3H3,(H,19,20). The largest absolute Gasteiger partial charge is 0.493 e. The molecule has 0 aromatic heterocycles. The summed E-state index contributed by atoms with van der Waals surface area (Å²) in [5.74, 6) is 1.35. The number of carbonyl (C=O) groups is 1. The Morgan fingerprint density at radius 1 is 1.13 bits per heavy atom. The molecule has 0 saturated heterocycles. The average Bonchev–Trinajstić information content (AvgIpc) is 2.57. The summed E-state index contributed by atoms with van der Waals surface area (Å²) in [5.41, 5.74) is 3.36. The topological polar surface area (TPSA) is 56.8 Å². The van der Waals surface area contributed by atoms with Gasteiger partial charge in [0.25, 0.3) is 5.91 Å². The summed E-state index contributed by atoms with van der Waals surface area (Å²) in [6.45, 7) is 4.87. The Hall–Kier alpha value is -2.69. The number of hydrogen-bond donors (Lipinski definition) is 1. The predicted molar refractivity (Wildman–Crippen MR) is 87.9 cm³/mol. The lowest BCUT2D eigenvalue weighted by Gasteiger charge is -2.21. The molecule has 1 aliphatic heterocycles. The van der Waals surface area contributed by atoms with Gasteiger partial charge in [-0.05, 0) is 43.2 Å². The van der Waals surface area contributed by atoms with Crippen LogP contribution in [-0.4, -0.2) is 26.2 Å². The van der Waals surface area contributed by atoms with Crippen LogP contribution >= 0.6 is 0 Å². The molecule has 2 aromatic carbocycles. The van der Waals surface area contributed by atoms with Crippen molar-refractivity contribution in [2.24, 2.45) is 0 Å². The molecule has 0 fully saturated rings. The zero-order valence-electron chi connectivity index (χ0n) is 13.4. The number of methoxy groups -OCH3 is 1. The van der Waals surface area contributed by atoms with Crippen molar-refractivity contribution in [3.63, 3.8) is 0 Å². The second-order valence-electron chi connectivity index (χ2n) is 5.48. The highest BCUT2D eigenvalue weighted by atomic mass is 16.6. The number of aryl methyl sites for hydroxylation is 2. The molecular weight excluding hydrogens is 294 g/mol. The van der Waals surface area contributed by atoms with Crippen molar-refractivity contribution in [2.75, 3.05) is 25.6 Å². The minimum absolute atomic E-state index is 0.214. The quantitative estimate of drug-likeness (QED) is 0.944. The van der Waals surface area contributed by atoms with E-state index >= 15 is 0 Å². The van der Waals surface area contributed by atoms with Gasteiger partial charge in [0.1, 0.15) is 13.2 Å². The smallest absolute Gasteiger partial charge is 0.255 e. The van der Waals surface area contributed by atoms with Gasteiger partial charge in [-0.25, -0.2) is 0 Å². The third-order valence-corrected chi connectivity index (χ3v) is 3.73. The van der Waals surface area contributed by atoms with Gasteiger partial charge in [0.15, 0.2) is 11.5 Å². The van der Waals surface area contributed by atoms with E-state index in [1.165, 1.54) is 0 Å². The number of amides is 1. The van der Waals surface area contributed by atoms with Gasteiger partial charge in [-0.3, -0.25) is 4.79 Å². The van der Waals surface area contributed by atoms with E-state index in [1.54, 1.807) is 19.2 Å². The predicted octanol–water partition coefficient (Wildman–Crippen LogP) is 3.34. The van der Waals surface area contributed by atoms with E-state index in [0.29, 0.717) is 36.0 Å². The van der Waals surface area contributed by atoms with Crippen molar-refractivity contribution in [1.29, 1.82) is 0 Å². The van der Waals surface area contributed by atoms with Crippen LogP contribution in [0.4, 0.5) is 5.69 Å². The van der Waals surface area contributed by atoms with E-state index in [2.05, 4.69) is 5.32 Å². The summed E-state index contributed by atoms with van der Waals surface area (Å²) in [6.07, 6.45) is 0. The van der Waals surface area contributed by atoms with Crippen LogP contribution in [0.5, 0.6) is 17.2 Å². The number of carbonyl (C=O) groups excluding carboxylic acids is 1. The maximum atomic E-state index is 12.6. The molecule has 0 aliphatic carbocycles. The third kappa shape index (κ3) is 3.08. The minimum Gasteiger partial charge on any atom is -0.493 e. The van der Waals surface area contributed by atoms with Gasteiger partial charge >= 0.3 is 0 Å². The second kappa shape index (κ2) is 6.20. The molecule has 1 heterocycles. The molecule has 1 aliphatic rings. The summed E-state index contributed by atoms with van der Waals surface area (Å²) in [5, 5.41) is 2.93. The summed E-state index contributed by atoms with van der Waals surface area (Å²) >= 11 is 0. The zero-order valence-corrected chi connectivity index (χ0v) is 13.4. The van der Waals surface area contributed by atoms with Crippen LogP contribution in [-0.2, 0) is 0 Å². The van der Waals surface area contributed by atoms with Gasteiger partial charge in [0, 0.05) is 11.3 Å². The first-order valence-corrected chi connectivity index (χ1v) is 7.44. The molecule has 0 radical (unpaired) electrons. The lowest BCUT2D eigenvalue weighted by atomic mass is 10.1. The van der Waals surface area contributed by atoms with Crippen LogP contribution in [0.15, 0.2) is 30.3 Å². The first-order valence-electron chi connectivity index (χ1n) is 7.44. The molecule has 1 amide bonds. The fourth-order valence-electron chi connectivity index (χ4n) is 2.47. The normalized spacial score (nSPS) is 12.7. The summed E-state index contributed by atoms with van der Waals surface area (Å²) in [7, 11) is 1.54. The molecule has 0 bridgehead atoms. The van der Waals surface area contributed by atoms with Gasteiger partial charge in [0.05, 0.1) is 7.11 Å². The van der Waals surface area contributed by atoms with Gasteiger partial charge in [0.2, 0.25) is 5.75 Å². The highest BCUT2D eigenvalue weighted by Crippen LogP contribution is 2.40. The van der Waals surface area contributed by atoms with E-state index in [0.717, 1.165) is 16.8 Å². The van der Waals surface area contributed by atoms with Gasteiger partial charge < -0.3 is 19.5 Å². The van der Waals surface area contributed by atoms with Crippen molar-refractivity contribution in [3.8, 4) is 17.2 Å². The van der Waals surface area contributed by atoms with Crippen molar-refractivity contribution >= 4 is 11.6 Å². The Morgan fingerprint density at radius 3 is 2.70 bits per heavy atom. The van der Waals surface area contributed by atoms with Crippen LogP contribution < -0.4 is 19.5 Å². The highest BCUT2D eigenvalue weighted by Gasteiger charge is 2.21. The molecule has 120 valence electrons. The van der Waals surface area contributed by atoms with Crippen molar-refractivity contribution in [3.05, 3.63) is 47.0 Å². The number of rotatable bonds is 3. The SMILES string of the molecule is COc1cc(C(=O)Nc2cc(C)ccc2C)cc2c1OCCO2. The van der Waals surface area contributed by atoms with Crippen molar-refractivity contribution < 1.29 is 19.0 Å². The van der Waals surface area contributed by atoms with E-state index in [9.17, 15) is 4.79 Å². The molecule has 1 N–H and O–H groups in total. The summed E-state index contributed by atoms with van der Waals surface area (Å²) in [6, 6.07) is 9.28. The van der Waals surface area contributed by atoms with Crippen LogP contribution in [0, 0.1) is 13.8 Å². The molecule has 0 unspecified atom stereocenters. The molecule has 0 saturated carbocycles. The van der Waals surface area contributed by atoms with E-state index in [4.69, 9.17) is 14.2 Å². The third-order valence-electron chi connectivity index (χ3n) is 3.73. The Kier molecular flexibility index (Phi) is 4.10. The molecule has 3 rings (SSSR count). The molecule has 0 spiro atoms. The maximum absolute atomic E-state index is 12.6. The van der Waals surface area contributed by atoms with Gasteiger partial charge in [-0.1, -0.05) is 12.1 Å².